The molecule has 0 spiro atoms. The van der Waals surface area contributed by atoms with Crippen molar-refractivity contribution >= 4 is 9.84 Å². The van der Waals surface area contributed by atoms with E-state index in [-0.39, 0.29) is 22.6 Å². The molecule has 1 rings (SSSR count). The second-order valence-corrected chi connectivity index (χ2v) is 5.69. The van der Waals surface area contributed by atoms with Crippen molar-refractivity contribution in [3.05, 3.63) is 35.1 Å². The Kier molecular flexibility index (Phi) is 4.02. The Morgan fingerprint density at radius 2 is 2.12 bits per heavy atom. The SMILES string of the molecule is CCCS(=O)(=O)Cc1cc(C#N)ccc1F. The van der Waals surface area contributed by atoms with Crippen molar-refractivity contribution in [2.24, 2.45) is 0 Å². The van der Waals surface area contributed by atoms with E-state index in [2.05, 4.69) is 0 Å². The summed E-state index contributed by atoms with van der Waals surface area (Å²) in [6.07, 6.45) is 0.502. The van der Waals surface area contributed by atoms with Crippen LogP contribution in [-0.4, -0.2) is 14.2 Å². The number of halogens is 1. The van der Waals surface area contributed by atoms with Crippen LogP contribution >= 0.6 is 0 Å². The van der Waals surface area contributed by atoms with Crippen LogP contribution in [-0.2, 0) is 15.6 Å². The van der Waals surface area contributed by atoms with Gasteiger partial charge in [0.25, 0.3) is 0 Å². The maximum absolute atomic E-state index is 13.3. The third kappa shape index (κ3) is 3.31. The maximum Gasteiger partial charge on any atom is 0.154 e. The molecular formula is C11H12FNO2S. The van der Waals surface area contributed by atoms with Crippen molar-refractivity contribution in [2.45, 2.75) is 19.1 Å². The number of nitrogens with zero attached hydrogens (tertiary/aromatic N) is 1. The van der Waals surface area contributed by atoms with Crippen molar-refractivity contribution in [1.82, 2.24) is 0 Å². The Morgan fingerprint density at radius 1 is 1.44 bits per heavy atom. The predicted molar refractivity (Wildman–Crippen MR) is 58.9 cm³/mol. The summed E-state index contributed by atoms with van der Waals surface area (Å²) < 4.78 is 36.3. The van der Waals surface area contributed by atoms with E-state index >= 15 is 0 Å². The van der Waals surface area contributed by atoms with Gasteiger partial charge in [0, 0.05) is 5.56 Å². The number of rotatable bonds is 4. The summed E-state index contributed by atoms with van der Waals surface area (Å²) >= 11 is 0. The third-order valence-electron chi connectivity index (χ3n) is 2.07. The first-order valence-electron chi connectivity index (χ1n) is 4.87. The highest BCUT2D eigenvalue weighted by Crippen LogP contribution is 2.14. The van der Waals surface area contributed by atoms with Crippen molar-refractivity contribution in [2.75, 3.05) is 5.75 Å². The van der Waals surface area contributed by atoms with Crippen LogP contribution < -0.4 is 0 Å². The molecule has 16 heavy (non-hydrogen) atoms. The molecule has 0 saturated heterocycles. The Morgan fingerprint density at radius 3 is 2.69 bits per heavy atom. The van der Waals surface area contributed by atoms with E-state index < -0.39 is 15.7 Å². The fourth-order valence-corrected chi connectivity index (χ4v) is 2.84. The Hall–Kier alpha value is -1.41. The largest absolute Gasteiger partial charge is 0.228 e. The Bertz CT molecular complexity index is 517. The molecule has 0 unspecified atom stereocenters. The van der Waals surface area contributed by atoms with Gasteiger partial charge in [-0.1, -0.05) is 6.92 Å². The molecule has 5 heteroatoms. The monoisotopic (exact) mass is 241 g/mol. The molecule has 0 N–H and O–H groups in total. The van der Waals surface area contributed by atoms with Gasteiger partial charge < -0.3 is 0 Å². The lowest BCUT2D eigenvalue weighted by molar-refractivity contribution is 0.586. The van der Waals surface area contributed by atoms with Crippen LogP contribution in [0.15, 0.2) is 18.2 Å². The molecule has 0 amide bonds. The molecule has 0 bridgehead atoms. The minimum atomic E-state index is -3.28. The van der Waals surface area contributed by atoms with Crippen LogP contribution in [0.1, 0.15) is 24.5 Å². The molecule has 3 nitrogen and oxygen atoms in total. The van der Waals surface area contributed by atoms with Gasteiger partial charge in [0.15, 0.2) is 9.84 Å². The molecule has 0 fully saturated rings. The van der Waals surface area contributed by atoms with Crippen molar-refractivity contribution in [1.29, 1.82) is 5.26 Å². The summed E-state index contributed by atoms with van der Waals surface area (Å²) in [6.45, 7) is 1.75. The number of sulfone groups is 1. The first-order valence-corrected chi connectivity index (χ1v) is 6.69. The molecule has 0 atom stereocenters. The van der Waals surface area contributed by atoms with E-state index in [1.807, 2.05) is 6.07 Å². The standard InChI is InChI=1S/C11H12FNO2S/c1-2-5-16(14,15)8-10-6-9(7-13)3-4-11(10)12/h3-4,6H,2,5,8H2,1H3. The average Bonchev–Trinajstić information content (AvgIpc) is 2.21. The molecule has 1 aromatic carbocycles. The highest BCUT2D eigenvalue weighted by Gasteiger charge is 2.14. The van der Waals surface area contributed by atoms with Crippen LogP contribution in [0.5, 0.6) is 0 Å². The highest BCUT2D eigenvalue weighted by atomic mass is 32.2. The van der Waals surface area contributed by atoms with Crippen molar-refractivity contribution in [3.63, 3.8) is 0 Å². The van der Waals surface area contributed by atoms with E-state index in [4.69, 9.17) is 5.26 Å². The van der Waals surface area contributed by atoms with Gasteiger partial charge in [-0.25, -0.2) is 12.8 Å². The van der Waals surface area contributed by atoms with Gasteiger partial charge >= 0.3 is 0 Å². The minimum absolute atomic E-state index is 0.0310. The fraction of sp³-hybridized carbons (Fsp3) is 0.364. The summed E-state index contributed by atoms with van der Waals surface area (Å²) in [5.74, 6) is -0.899. The summed E-state index contributed by atoms with van der Waals surface area (Å²) in [5.41, 5.74) is 0.329. The average molecular weight is 241 g/mol. The van der Waals surface area contributed by atoms with Crippen LogP contribution in [0.25, 0.3) is 0 Å². The van der Waals surface area contributed by atoms with Crippen LogP contribution in [0.2, 0.25) is 0 Å². The van der Waals surface area contributed by atoms with Gasteiger partial charge in [0.05, 0.1) is 23.1 Å². The zero-order valence-electron chi connectivity index (χ0n) is 8.90. The number of hydrogen-bond acceptors (Lipinski definition) is 3. The Balaban J connectivity index is 3.02. The lowest BCUT2D eigenvalue weighted by Gasteiger charge is -2.04. The van der Waals surface area contributed by atoms with E-state index in [0.29, 0.717) is 6.42 Å². The molecule has 0 saturated carbocycles. The van der Waals surface area contributed by atoms with E-state index in [1.165, 1.54) is 12.1 Å². The lowest BCUT2D eigenvalue weighted by atomic mass is 10.1. The van der Waals surface area contributed by atoms with E-state index in [0.717, 1.165) is 6.07 Å². The van der Waals surface area contributed by atoms with Crippen molar-refractivity contribution in [3.8, 4) is 6.07 Å². The van der Waals surface area contributed by atoms with E-state index in [1.54, 1.807) is 6.92 Å². The first-order chi connectivity index (χ1) is 7.48. The summed E-state index contributed by atoms with van der Waals surface area (Å²) in [6, 6.07) is 5.58. The molecule has 0 aromatic heterocycles. The molecular weight excluding hydrogens is 229 g/mol. The second kappa shape index (κ2) is 5.08. The number of hydrogen-bond donors (Lipinski definition) is 0. The molecule has 0 aliphatic carbocycles. The van der Waals surface area contributed by atoms with Gasteiger partial charge in [-0.05, 0) is 24.6 Å². The summed E-state index contributed by atoms with van der Waals surface area (Å²) in [4.78, 5) is 0. The van der Waals surface area contributed by atoms with Crippen LogP contribution in [0, 0.1) is 17.1 Å². The summed E-state index contributed by atoms with van der Waals surface area (Å²) in [7, 11) is -3.28. The molecule has 86 valence electrons. The second-order valence-electron chi connectivity index (χ2n) is 3.51. The molecule has 0 heterocycles. The molecule has 0 radical (unpaired) electrons. The number of benzene rings is 1. The third-order valence-corrected chi connectivity index (χ3v) is 3.85. The Labute approximate surface area is 94.4 Å². The first kappa shape index (κ1) is 12.7. The zero-order valence-corrected chi connectivity index (χ0v) is 9.72. The lowest BCUT2D eigenvalue weighted by Crippen LogP contribution is -2.09. The highest BCUT2D eigenvalue weighted by molar-refractivity contribution is 7.90. The number of nitriles is 1. The van der Waals surface area contributed by atoms with Crippen molar-refractivity contribution < 1.29 is 12.8 Å². The van der Waals surface area contributed by atoms with Gasteiger partial charge in [0.1, 0.15) is 5.82 Å². The van der Waals surface area contributed by atoms with Crippen LogP contribution in [0.3, 0.4) is 0 Å². The minimum Gasteiger partial charge on any atom is -0.228 e. The van der Waals surface area contributed by atoms with E-state index in [9.17, 15) is 12.8 Å². The maximum atomic E-state index is 13.3. The van der Waals surface area contributed by atoms with Gasteiger partial charge in [-0.15, -0.1) is 0 Å². The normalized spacial score (nSPS) is 11.1. The quantitative estimate of drug-likeness (QED) is 0.810. The molecule has 0 aliphatic rings. The smallest absolute Gasteiger partial charge is 0.154 e. The molecule has 1 aromatic rings. The molecule has 0 aliphatic heterocycles. The summed E-state index contributed by atoms with van der Waals surface area (Å²) in [5, 5.41) is 8.63. The zero-order chi connectivity index (χ0) is 12.2. The van der Waals surface area contributed by atoms with Gasteiger partial charge in [0.2, 0.25) is 0 Å². The van der Waals surface area contributed by atoms with Crippen LogP contribution in [0.4, 0.5) is 4.39 Å². The topological polar surface area (TPSA) is 57.9 Å². The van der Waals surface area contributed by atoms with Gasteiger partial charge in [-0.3, -0.25) is 0 Å². The predicted octanol–water partition coefficient (Wildman–Crippen LogP) is 2.02. The fourth-order valence-electron chi connectivity index (χ4n) is 1.37. The van der Waals surface area contributed by atoms with Gasteiger partial charge in [-0.2, -0.15) is 5.26 Å².